The van der Waals surface area contributed by atoms with Crippen LogP contribution in [-0.2, 0) is 26.9 Å². The van der Waals surface area contributed by atoms with Crippen LogP contribution in [0.15, 0.2) is 43.0 Å². The van der Waals surface area contributed by atoms with Gasteiger partial charge in [-0.05, 0) is 68.6 Å². The molecule has 0 saturated carbocycles. The Morgan fingerprint density at radius 2 is 1.72 bits per heavy atom. The van der Waals surface area contributed by atoms with Crippen LogP contribution in [0.2, 0.25) is 0 Å². The van der Waals surface area contributed by atoms with Crippen molar-refractivity contribution in [2.24, 2.45) is 5.92 Å². The number of aliphatic hydroxyl groups is 3. The van der Waals surface area contributed by atoms with E-state index in [1.807, 2.05) is 17.0 Å². The number of alkyl halides is 3. The fourth-order valence-electron chi connectivity index (χ4n) is 8.12. The molecule has 326 valence electrons. The van der Waals surface area contributed by atoms with Gasteiger partial charge in [0.2, 0.25) is 17.6 Å². The van der Waals surface area contributed by atoms with Crippen LogP contribution >= 0.6 is 0 Å². The van der Waals surface area contributed by atoms with E-state index in [2.05, 4.69) is 46.9 Å². The minimum Gasteiger partial charge on any atom is -0.394 e. The molecule has 6 N–H and O–H groups in total. The largest absolute Gasteiger partial charge is 0.451 e. The summed E-state index contributed by atoms with van der Waals surface area (Å²) < 4.78 is 49.3. The van der Waals surface area contributed by atoms with E-state index in [4.69, 9.17) is 10.00 Å². The second kappa shape index (κ2) is 19.4. The number of rotatable bonds is 16. The Hall–Kier alpha value is -5.69. The highest BCUT2D eigenvalue weighted by molar-refractivity contribution is 5.86. The maximum atomic E-state index is 14.1. The van der Waals surface area contributed by atoms with Gasteiger partial charge in [0.15, 0.2) is 23.2 Å². The number of anilines is 3. The summed E-state index contributed by atoms with van der Waals surface area (Å²) in [4.78, 5) is 50.0. The highest BCUT2D eigenvalue weighted by Gasteiger charge is 2.44. The molecular weight excluding hydrogens is 802 g/mol. The Labute approximate surface area is 349 Å². The number of carbonyl (C=O) groups excluding carboxylic acids is 2. The number of ether oxygens (including phenoxy) is 1. The SMILES string of the molecule is N#Cc1ccc(CCNC(=O)[C@@H]2CCCN2c2cc(N3CCC(CCCC(=O)NCCNc4ncnc5c4ncn5[C@@H]4O[C@H](CO)[C@H](O)C4O)CC3)nc(C(F)(F)F)n2)cc1. The summed E-state index contributed by atoms with van der Waals surface area (Å²) in [6.45, 7) is 1.88. The fourth-order valence-corrected chi connectivity index (χ4v) is 8.12. The zero-order valence-corrected chi connectivity index (χ0v) is 33.3. The van der Waals surface area contributed by atoms with E-state index >= 15 is 0 Å². The molecule has 4 aromatic rings. The molecule has 1 unspecified atom stereocenters. The van der Waals surface area contributed by atoms with Gasteiger partial charge < -0.3 is 45.8 Å². The van der Waals surface area contributed by atoms with E-state index in [1.165, 1.54) is 17.2 Å². The van der Waals surface area contributed by atoms with Crippen LogP contribution in [-0.4, -0.2) is 127 Å². The maximum Gasteiger partial charge on any atom is 0.451 e. The molecule has 3 aliphatic rings. The minimum absolute atomic E-state index is 0.0702. The summed E-state index contributed by atoms with van der Waals surface area (Å²) >= 11 is 0. The van der Waals surface area contributed by atoms with Crippen LogP contribution in [0.4, 0.5) is 30.6 Å². The molecule has 3 aromatic heterocycles. The average Bonchev–Trinajstić information content (AvgIpc) is 4.00. The van der Waals surface area contributed by atoms with Crippen LogP contribution in [0.25, 0.3) is 11.2 Å². The number of aromatic nitrogens is 6. The topological polar surface area (TPSA) is 240 Å². The number of hydrogen-bond donors (Lipinski definition) is 6. The van der Waals surface area contributed by atoms with E-state index in [0.717, 1.165) is 24.8 Å². The van der Waals surface area contributed by atoms with Crippen LogP contribution in [0.3, 0.4) is 0 Å². The van der Waals surface area contributed by atoms with E-state index in [0.29, 0.717) is 99.8 Å². The second-order valence-electron chi connectivity index (χ2n) is 15.5. The summed E-state index contributed by atoms with van der Waals surface area (Å²) in [5.41, 5.74) is 2.23. The number of amides is 2. The van der Waals surface area contributed by atoms with Gasteiger partial charge in [0, 0.05) is 51.8 Å². The highest BCUT2D eigenvalue weighted by atomic mass is 19.4. The van der Waals surface area contributed by atoms with Crippen molar-refractivity contribution in [2.45, 2.75) is 88.1 Å². The van der Waals surface area contributed by atoms with E-state index in [1.54, 1.807) is 23.1 Å². The Morgan fingerprint density at radius 3 is 2.44 bits per heavy atom. The van der Waals surface area contributed by atoms with Crippen LogP contribution in [0, 0.1) is 17.2 Å². The number of benzene rings is 1. The third-order valence-electron chi connectivity index (χ3n) is 11.4. The lowest BCUT2D eigenvalue weighted by molar-refractivity contribution is -0.144. The number of piperidine rings is 1. The van der Waals surface area contributed by atoms with E-state index < -0.39 is 49.2 Å². The Morgan fingerprint density at radius 1 is 0.951 bits per heavy atom. The van der Waals surface area contributed by atoms with Gasteiger partial charge in [-0.25, -0.2) is 24.9 Å². The molecule has 7 rings (SSSR count). The van der Waals surface area contributed by atoms with Crippen molar-refractivity contribution in [3.8, 4) is 6.07 Å². The molecule has 18 nitrogen and oxygen atoms in total. The molecule has 61 heavy (non-hydrogen) atoms. The van der Waals surface area contributed by atoms with Crippen molar-refractivity contribution in [1.82, 2.24) is 40.1 Å². The Bertz CT molecular complexity index is 2180. The first-order chi connectivity index (χ1) is 29.4. The fraction of sp³-hybridized carbons (Fsp3) is 0.550. The van der Waals surface area contributed by atoms with Crippen LogP contribution in [0.1, 0.15) is 68.1 Å². The molecule has 2 amide bonds. The Kier molecular flexibility index (Phi) is 13.8. The number of imidazole rings is 1. The summed E-state index contributed by atoms with van der Waals surface area (Å²) in [6.07, 6.45) is -1.74. The molecular formula is C40H49F3N12O6. The molecule has 21 heteroatoms. The van der Waals surface area contributed by atoms with Crippen molar-refractivity contribution in [2.75, 3.05) is 61.0 Å². The molecule has 5 atom stereocenters. The number of nitrogens with zero attached hydrogens (tertiary/aromatic N) is 9. The monoisotopic (exact) mass is 850 g/mol. The van der Waals surface area contributed by atoms with Gasteiger partial charge in [0.1, 0.15) is 42.3 Å². The first-order valence-corrected chi connectivity index (χ1v) is 20.5. The zero-order valence-electron chi connectivity index (χ0n) is 33.3. The highest BCUT2D eigenvalue weighted by Crippen LogP contribution is 2.35. The summed E-state index contributed by atoms with van der Waals surface area (Å²) in [5, 5.41) is 47.9. The lowest BCUT2D eigenvalue weighted by Crippen LogP contribution is -2.44. The number of aliphatic hydroxyl groups excluding tert-OH is 3. The first kappa shape index (κ1) is 43.4. The molecule has 0 spiro atoms. The Balaban J connectivity index is 0.849. The minimum atomic E-state index is -4.78. The predicted molar refractivity (Wildman–Crippen MR) is 214 cm³/mol. The molecule has 6 heterocycles. The number of halogens is 3. The molecule has 0 radical (unpaired) electrons. The van der Waals surface area contributed by atoms with Gasteiger partial charge in [-0.3, -0.25) is 14.2 Å². The van der Waals surface area contributed by atoms with E-state index in [-0.39, 0.29) is 23.5 Å². The van der Waals surface area contributed by atoms with Gasteiger partial charge in [-0.1, -0.05) is 12.1 Å². The number of carbonyl (C=O) groups is 2. The standard InChI is InChI=1S/C40H49F3N12O6/c41-40(42,43)39-51-29(19-30(52-39)54-16-2-4-27(54)37(60)47-13-10-25-6-8-26(20-44)9-7-25)53-17-11-24(12-18-53)3-1-5-31(57)45-14-15-46-35-32-36(49-22-48-35)55(23-50-32)38-34(59)33(58)28(21-56)61-38/h6-9,19,22-24,27-28,33-34,38,56,58-59H,1-5,10-18,21H2,(H,45,57)(H,47,60)(H,46,48,49)/t27-,28+,33-,34?,38+/m0/s1. The lowest BCUT2D eigenvalue weighted by Gasteiger charge is -2.34. The molecule has 0 aliphatic carbocycles. The number of nitrogens with one attached hydrogen (secondary N) is 3. The van der Waals surface area contributed by atoms with Crippen molar-refractivity contribution in [3.05, 3.63) is 59.9 Å². The molecule has 3 saturated heterocycles. The number of nitriles is 1. The van der Waals surface area contributed by atoms with Crippen LogP contribution in [0.5, 0.6) is 0 Å². The lowest BCUT2D eigenvalue weighted by atomic mass is 9.91. The van der Waals surface area contributed by atoms with Crippen molar-refractivity contribution in [1.29, 1.82) is 5.26 Å². The third-order valence-corrected chi connectivity index (χ3v) is 11.4. The van der Waals surface area contributed by atoms with Crippen molar-refractivity contribution >= 4 is 40.4 Å². The van der Waals surface area contributed by atoms with Crippen molar-refractivity contribution < 1.29 is 42.8 Å². The number of hydrogen-bond acceptors (Lipinski definition) is 15. The summed E-state index contributed by atoms with van der Waals surface area (Å²) in [5.74, 6) is -0.706. The van der Waals surface area contributed by atoms with Gasteiger partial charge >= 0.3 is 6.18 Å². The van der Waals surface area contributed by atoms with Gasteiger partial charge in [0.05, 0.1) is 24.6 Å². The summed E-state index contributed by atoms with van der Waals surface area (Å²) in [7, 11) is 0. The van der Waals surface area contributed by atoms with Crippen LogP contribution < -0.4 is 25.8 Å². The van der Waals surface area contributed by atoms with Gasteiger partial charge in [-0.2, -0.15) is 18.4 Å². The smallest absolute Gasteiger partial charge is 0.394 e. The molecule has 3 fully saturated rings. The molecule has 1 aromatic carbocycles. The third kappa shape index (κ3) is 10.3. The average molecular weight is 851 g/mol. The quantitative estimate of drug-likeness (QED) is 0.0885. The first-order valence-electron chi connectivity index (χ1n) is 20.5. The maximum absolute atomic E-state index is 14.1. The van der Waals surface area contributed by atoms with Crippen molar-refractivity contribution in [3.63, 3.8) is 0 Å². The van der Waals surface area contributed by atoms with E-state index in [9.17, 15) is 38.1 Å². The molecule has 0 bridgehead atoms. The predicted octanol–water partition coefficient (Wildman–Crippen LogP) is 2.06. The second-order valence-corrected chi connectivity index (χ2v) is 15.5. The summed E-state index contributed by atoms with van der Waals surface area (Å²) in [6, 6.07) is 10.0. The zero-order chi connectivity index (χ0) is 43.1. The normalized spacial score (nSPS) is 22.1. The van der Waals surface area contributed by atoms with Gasteiger partial charge in [-0.15, -0.1) is 0 Å². The molecule has 3 aliphatic heterocycles. The van der Waals surface area contributed by atoms with Gasteiger partial charge in [0.25, 0.3) is 0 Å². The number of fused-ring (bicyclic) bond motifs is 1.